The summed E-state index contributed by atoms with van der Waals surface area (Å²) < 4.78 is 10.1. The summed E-state index contributed by atoms with van der Waals surface area (Å²) in [4.78, 5) is 2.26. The van der Waals surface area contributed by atoms with Crippen molar-refractivity contribution in [3.05, 3.63) is 95.0 Å². The van der Waals surface area contributed by atoms with Crippen LogP contribution < -0.4 is 0 Å². The van der Waals surface area contributed by atoms with Gasteiger partial charge in [-0.2, -0.15) is 0 Å². The molecule has 2 aromatic carbocycles. The highest BCUT2D eigenvalue weighted by Gasteiger charge is 2.21. The van der Waals surface area contributed by atoms with Crippen molar-refractivity contribution in [1.29, 1.82) is 0 Å². The Morgan fingerprint density at radius 1 is 0.966 bits per heavy atom. The molecule has 2 aromatic heterocycles. The first-order valence-electron chi connectivity index (χ1n) is 9.70. The molecular formula is C23H24N4OS. The van der Waals surface area contributed by atoms with Gasteiger partial charge in [0, 0.05) is 6.54 Å². The smallest absolute Gasteiger partial charge is 0.199 e. The van der Waals surface area contributed by atoms with Gasteiger partial charge in [-0.25, -0.2) is 4.68 Å². The summed E-state index contributed by atoms with van der Waals surface area (Å²) in [6.45, 7) is 3.36. The van der Waals surface area contributed by atoms with Gasteiger partial charge in [-0.05, 0) is 49.4 Å². The van der Waals surface area contributed by atoms with Crippen LogP contribution in [0.25, 0.3) is 11.6 Å². The summed E-state index contributed by atoms with van der Waals surface area (Å²) in [7, 11) is 2.10. The molecule has 0 saturated heterocycles. The second-order valence-electron chi connectivity index (χ2n) is 6.95. The normalized spacial score (nSPS) is 11.4. The third kappa shape index (κ3) is 3.95. The number of benzene rings is 2. The molecule has 0 fully saturated rings. The minimum Gasteiger partial charge on any atom is -0.461 e. The Morgan fingerprint density at radius 2 is 1.59 bits per heavy atom. The predicted octanol–water partition coefficient (Wildman–Crippen LogP) is 5.37. The third-order valence-corrected chi connectivity index (χ3v) is 5.44. The lowest BCUT2D eigenvalue weighted by Gasteiger charge is -2.28. The van der Waals surface area contributed by atoms with Crippen molar-refractivity contribution >= 4 is 12.2 Å². The van der Waals surface area contributed by atoms with E-state index in [-0.39, 0.29) is 6.04 Å². The van der Waals surface area contributed by atoms with Crippen LogP contribution in [0.15, 0.2) is 83.5 Å². The van der Waals surface area contributed by atoms with Crippen LogP contribution in [-0.4, -0.2) is 26.3 Å². The molecule has 0 aliphatic rings. The fraction of sp³-hybridized carbons (Fsp3) is 0.217. The van der Waals surface area contributed by atoms with Crippen LogP contribution in [0.5, 0.6) is 0 Å². The third-order valence-electron chi connectivity index (χ3n) is 5.01. The molecule has 0 unspecified atom stereocenters. The minimum atomic E-state index is 0.0955. The van der Waals surface area contributed by atoms with Gasteiger partial charge in [0.15, 0.2) is 16.4 Å². The Labute approximate surface area is 175 Å². The van der Waals surface area contributed by atoms with E-state index < -0.39 is 0 Å². The van der Waals surface area contributed by atoms with Gasteiger partial charge in [0.05, 0.1) is 19.0 Å². The van der Waals surface area contributed by atoms with E-state index >= 15 is 0 Å². The van der Waals surface area contributed by atoms with E-state index in [2.05, 4.69) is 67.4 Å². The van der Waals surface area contributed by atoms with Gasteiger partial charge in [-0.1, -0.05) is 60.7 Å². The zero-order chi connectivity index (χ0) is 20.2. The highest BCUT2D eigenvalue weighted by molar-refractivity contribution is 7.71. The lowest BCUT2D eigenvalue weighted by molar-refractivity contribution is 0.207. The van der Waals surface area contributed by atoms with Crippen LogP contribution in [-0.2, 0) is 13.2 Å². The van der Waals surface area contributed by atoms with E-state index in [0.717, 1.165) is 18.1 Å². The number of furan rings is 1. The standard InChI is InChI=1S/C23H24N4OS/c1-3-26-22(20-15-10-16-28-20)24-27(23(26)29)17-25(2)21(18-11-6-4-7-12-18)19-13-8-5-9-14-19/h4-16,21H,3,17H2,1-2H3. The van der Waals surface area contributed by atoms with Crippen LogP contribution in [0.1, 0.15) is 24.1 Å². The van der Waals surface area contributed by atoms with Crippen LogP contribution in [0.3, 0.4) is 0 Å². The van der Waals surface area contributed by atoms with Gasteiger partial charge < -0.3 is 4.42 Å². The van der Waals surface area contributed by atoms with E-state index in [1.165, 1.54) is 11.1 Å². The number of nitrogens with zero attached hydrogens (tertiary/aromatic N) is 4. The quantitative estimate of drug-likeness (QED) is 0.388. The van der Waals surface area contributed by atoms with Crippen LogP contribution in [0.4, 0.5) is 0 Å². The summed E-state index contributed by atoms with van der Waals surface area (Å²) in [5, 5.41) is 4.77. The Morgan fingerprint density at radius 3 is 2.10 bits per heavy atom. The molecule has 0 radical (unpaired) electrons. The van der Waals surface area contributed by atoms with Gasteiger partial charge in [0.25, 0.3) is 0 Å². The molecule has 0 atom stereocenters. The molecule has 6 heteroatoms. The maximum Gasteiger partial charge on any atom is 0.199 e. The summed E-state index contributed by atoms with van der Waals surface area (Å²) in [6.07, 6.45) is 1.66. The molecule has 29 heavy (non-hydrogen) atoms. The Hall–Kier alpha value is -2.96. The molecule has 4 aromatic rings. The van der Waals surface area contributed by atoms with E-state index in [1.54, 1.807) is 6.26 Å². The Balaban J connectivity index is 1.70. The average molecular weight is 405 g/mol. The van der Waals surface area contributed by atoms with Crippen LogP contribution >= 0.6 is 12.2 Å². The van der Waals surface area contributed by atoms with E-state index in [1.807, 2.05) is 33.5 Å². The van der Waals surface area contributed by atoms with E-state index in [0.29, 0.717) is 11.4 Å². The molecule has 0 N–H and O–H groups in total. The highest BCUT2D eigenvalue weighted by atomic mass is 32.1. The zero-order valence-electron chi connectivity index (χ0n) is 16.6. The van der Waals surface area contributed by atoms with E-state index in [4.69, 9.17) is 21.7 Å². The average Bonchev–Trinajstić information content (AvgIpc) is 3.38. The molecular weight excluding hydrogens is 380 g/mol. The SMILES string of the molecule is CCn1c(-c2ccco2)nn(CN(C)C(c2ccccc2)c2ccccc2)c1=S. The van der Waals surface area contributed by atoms with Gasteiger partial charge in [0.2, 0.25) is 0 Å². The Bertz CT molecular complexity index is 1060. The largest absolute Gasteiger partial charge is 0.461 e. The van der Waals surface area contributed by atoms with Gasteiger partial charge in [-0.3, -0.25) is 9.47 Å². The molecule has 148 valence electrons. The number of hydrogen-bond acceptors (Lipinski definition) is 4. The molecule has 0 aliphatic carbocycles. The van der Waals surface area contributed by atoms with Gasteiger partial charge in [0.1, 0.15) is 0 Å². The van der Waals surface area contributed by atoms with Crippen molar-refractivity contribution in [1.82, 2.24) is 19.2 Å². The number of hydrogen-bond donors (Lipinski definition) is 0. The summed E-state index contributed by atoms with van der Waals surface area (Å²) in [6, 6.07) is 24.9. The zero-order valence-corrected chi connectivity index (χ0v) is 17.4. The van der Waals surface area contributed by atoms with Crippen LogP contribution in [0.2, 0.25) is 0 Å². The molecule has 5 nitrogen and oxygen atoms in total. The van der Waals surface area contributed by atoms with Crippen molar-refractivity contribution in [2.75, 3.05) is 7.05 Å². The molecule has 0 spiro atoms. The monoisotopic (exact) mass is 404 g/mol. The molecule has 0 bridgehead atoms. The lowest BCUT2D eigenvalue weighted by Crippen LogP contribution is -2.28. The lowest BCUT2D eigenvalue weighted by atomic mass is 9.98. The Kier molecular flexibility index (Phi) is 5.74. The molecule has 0 aliphatic heterocycles. The fourth-order valence-corrected chi connectivity index (χ4v) is 3.99. The summed E-state index contributed by atoms with van der Waals surface area (Å²) in [5.74, 6) is 1.48. The second kappa shape index (κ2) is 8.59. The van der Waals surface area contributed by atoms with E-state index in [9.17, 15) is 0 Å². The maximum absolute atomic E-state index is 5.72. The predicted molar refractivity (Wildman–Crippen MR) is 117 cm³/mol. The van der Waals surface area contributed by atoms with Gasteiger partial charge in [-0.15, -0.1) is 5.10 Å². The number of rotatable bonds is 7. The molecule has 0 saturated carbocycles. The highest BCUT2D eigenvalue weighted by Crippen LogP contribution is 2.28. The maximum atomic E-state index is 5.72. The van der Waals surface area contributed by atoms with Crippen molar-refractivity contribution in [2.45, 2.75) is 26.2 Å². The second-order valence-corrected chi connectivity index (χ2v) is 7.31. The molecule has 4 rings (SSSR count). The summed E-state index contributed by atoms with van der Waals surface area (Å²) >= 11 is 5.72. The van der Waals surface area contributed by atoms with Crippen molar-refractivity contribution in [2.24, 2.45) is 0 Å². The first kappa shape index (κ1) is 19.4. The van der Waals surface area contributed by atoms with Crippen LogP contribution in [0, 0.1) is 4.77 Å². The molecule has 0 amide bonds. The van der Waals surface area contributed by atoms with Crippen molar-refractivity contribution in [3.63, 3.8) is 0 Å². The van der Waals surface area contributed by atoms with Crippen molar-refractivity contribution < 1.29 is 4.42 Å². The number of aromatic nitrogens is 3. The summed E-state index contributed by atoms with van der Waals surface area (Å²) in [5.41, 5.74) is 2.46. The fourth-order valence-electron chi connectivity index (χ4n) is 3.67. The minimum absolute atomic E-state index is 0.0955. The first-order chi connectivity index (χ1) is 14.2. The molecule has 2 heterocycles. The van der Waals surface area contributed by atoms with Crippen molar-refractivity contribution in [3.8, 4) is 11.6 Å². The van der Waals surface area contributed by atoms with Gasteiger partial charge >= 0.3 is 0 Å². The first-order valence-corrected chi connectivity index (χ1v) is 10.1. The topological polar surface area (TPSA) is 39.1 Å².